The van der Waals surface area contributed by atoms with Crippen LogP contribution in [0.15, 0.2) is 0 Å². The van der Waals surface area contributed by atoms with Gasteiger partial charge >= 0.3 is 0 Å². The Balaban J connectivity index is 1.83. The van der Waals surface area contributed by atoms with Crippen LogP contribution in [0.2, 0.25) is 0 Å². The molecule has 0 amide bonds. The zero-order valence-corrected chi connectivity index (χ0v) is 6.77. The topological polar surface area (TPSA) is 0 Å². The molecule has 3 unspecified atom stereocenters. The first-order chi connectivity index (χ1) is 4.88. The van der Waals surface area contributed by atoms with Crippen molar-refractivity contribution in [1.82, 2.24) is 0 Å². The number of rotatable bonds is 2. The quantitative estimate of drug-likeness (QED) is 0.547. The molecule has 0 aliphatic heterocycles. The third kappa shape index (κ3) is 0.339. The average molecular weight is 136 g/mol. The molecule has 0 heterocycles. The molecule has 5 rings (SSSR count). The normalized spacial score (nSPS) is 61.5. The van der Waals surface area contributed by atoms with E-state index in [0.29, 0.717) is 0 Å². The van der Waals surface area contributed by atoms with Crippen LogP contribution in [-0.2, 0) is 0 Å². The molecule has 0 saturated heterocycles. The van der Waals surface area contributed by atoms with Crippen molar-refractivity contribution >= 4 is 0 Å². The molecular formula is C10H16. The van der Waals surface area contributed by atoms with Crippen molar-refractivity contribution in [3.05, 3.63) is 0 Å². The summed E-state index contributed by atoms with van der Waals surface area (Å²) >= 11 is 0. The van der Waals surface area contributed by atoms with Gasteiger partial charge in [-0.1, -0.05) is 13.3 Å². The summed E-state index contributed by atoms with van der Waals surface area (Å²) in [5.41, 5.74) is 0.944. The van der Waals surface area contributed by atoms with Gasteiger partial charge < -0.3 is 0 Å². The van der Waals surface area contributed by atoms with Crippen LogP contribution in [0, 0.1) is 23.2 Å². The van der Waals surface area contributed by atoms with E-state index in [1.165, 1.54) is 24.2 Å². The Morgan fingerprint density at radius 3 is 2.40 bits per heavy atom. The minimum absolute atomic E-state index is 0.944. The van der Waals surface area contributed by atoms with Crippen LogP contribution < -0.4 is 0 Å². The Kier molecular flexibility index (Phi) is 0.810. The zero-order valence-electron chi connectivity index (χ0n) is 6.77. The van der Waals surface area contributed by atoms with Gasteiger partial charge in [0.15, 0.2) is 0 Å². The van der Waals surface area contributed by atoms with Gasteiger partial charge in [-0.25, -0.2) is 0 Å². The summed E-state index contributed by atoms with van der Waals surface area (Å²) in [7, 11) is 0. The first-order valence-electron chi connectivity index (χ1n) is 4.88. The third-order valence-electron chi connectivity index (χ3n) is 4.63. The molecule has 4 bridgehead atoms. The van der Waals surface area contributed by atoms with Crippen molar-refractivity contribution < 1.29 is 0 Å². The third-order valence-corrected chi connectivity index (χ3v) is 4.63. The van der Waals surface area contributed by atoms with Crippen LogP contribution in [-0.4, -0.2) is 0 Å². The minimum atomic E-state index is 0.944. The molecule has 0 aromatic rings. The number of fused-ring (bicyclic) bond motifs is 1. The summed E-state index contributed by atoms with van der Waals surface area (Å²) in [5.74, 6) is 3.67. The molecule has 56 valence electrons. The van der Waals surface area contributed by atoms with Crippen LogP contribution in [0.3, 0.4) is 0 Å². The van der Waals surface area contributed by atoms with E-state index in [-0.39, 0.29) is 0 Å². The van der Waals surface area contributed by atoms with Gasteiger partial charge in [0, 0.05) is 0 Å². The lowest BCUT2D eigenvalue weighted by Crippen LogP contribution is -2.63. The summed E-state index contributed by atoms with van der Waals surface area (Å²) in [6.07, 6.45) is 7.79. The van der Waals surface area contributed by atoms with E-state index in [9.17, 15) is 0 Å². The molecule has 5 aliphatic rings. The second-order valence-electron chi connectivity index (χ2n) is 4.64. The summed E-state index contributed by atoms with van der Waals surface area (Å²) in [6, 6.07) is 0. The van der Waals surface area contributed by atoms with E-state index in [0.717, 1.165) is 5.41 Å². The molecule has 0 aromatic heterocycles. The van der Waals surface area contributed by atoms with Crippen molar-refractivity contribution in [2.75, 3.05) is 0 Å². The maximum Gasteiger partial charge on any atom is -0.0233 e. The highest BCUT2D eigenvalue weighted by atomic mass is 14.8. The molecule has 0 N–H and O–H groups in total. The number of hydrogen-bond acceptors (Lipinski definition) is 0. The lowest BCUT2D eigenvalue weighted by molar-refractivity contribution is -0.216. The first-order valence-corrected chi connectivity index (χ1v) is 4.88. The second-order valence-corrected chi connectivity index (χ2v) is 4.64. The predicted octanol–water partition coefficient (Wildman–Crippen LogP) is 2.83. The van der Waals surface area contributed by atoms with E-state index in [2.05, 4.69) is 6.92 Å². The molecule has 10 heavy (non-hydrogen) atoms. The Bertz CT molecular complexity index is 159. The van der Waals surface area contributed by atoms with Crippen molar-refractivity contribution in [2.45, 2.75) is 39.0 Å². The van der Waals surface area contributed by atoms with E-state index >= 15 is 0 Å². The van der Waals surface area contributed by atoms with Crippen LogP contribution >= 0.6 is 0 Å². The van der Waals surface area contributed by atoms with Crippen LogP contribution in [0.25, 0.3) is 0 Å². The van der Waals surface area contributed by atoms with Crippen LogP contribution in [0.4, 0.5) is 0 Å². The van der Waals surface area contributed by atoms with Gasteiger partial charge in [-0.3, -0.25) is 0 Å². The summed E-state index contributed by atoms with van der Waals surface area (Å²) in [6.45, 7) is 2.35. The Labute approximate surface area is 63.0 Å². The second kappa shape index (κ2) is 1.44. The fourth-order valence-electron chi connectivity index (χ4n) is 4.30. The summed E-state index contributed by atoms with van der Waals surface area (Å²) in [5, 5.41) is 0. The zero-order chi connectivity index (χ0) is 6.77. The Morgan fingerprint density at radius 2 is 2.00 bits per heavy atom. The molecule has 5 saturated carbocycles. The maximum atomic E-state index is 2.35. The maximum absolute atomic E-state index is 2.35. The van der Waals surface area contributed by atoms with E-state index in [1.54, 1.807) is 25.7 Å². The van der Waals surface area contributed by atoms with E-state index in [4.69, 9.17) is 0 Å². The average Bonchev–Trinajstić information content (AvgIpc) is 2.35. The molecule has 0 aromatic carbocycles. The van der Waals surface area contributed by atoms with Gasteiger partial charge in [0.05, 0.1) is 0 Å². The van der Waals surface area contributed by atoms with Gasteiger partial charge in [0.25, 0.3) is 0 Å². The lowest BCUT2D eigenvalue weighted by atomic mass is 9.35. The summed E-state index contributed by atoms with van der Waals surface area (Å²) in [4.78, 5) is 0. The van der Waals surface area contributed by atoms with Crippen LogP contribution in [0.1, 0.15) is 39.0 Å². The van der Waals surface area contributed by atoms with Crippen LogP contribution in [0.5, 0.6) is 0 Å². The van der Waals surface area contributed by atoms with Gasteiger partial charge in [-0.2, -0.15) is 0 Å². The fourth-order valence-corrected chi connectivity index (χ4v) is 4.30. The van der Waals surface area contributed by atoms with E-state index < -0.39 is 0 Å². The van der Waals surface area contributed by atoms with Crippen molar-refractivity contribution in [2.24, 2.45) is 23.2 Å². The minimum Gasteiger partial charge on any atom is -0.0654 e. The standard InChI is InChI=1S/C10H16/c1-2-5-10-6-7-8(10)3-4-9(7)10/h7-9H,2-6H2,1H3/t7?,8-,9?,10?/m1/s1. The molecule has 4 atom stereocenters. The van der Waals surface area contributed by atoms with Gasteiger partial charge in [0.1, 0.15) is 0 Å². The monoisotopic (exact) mass is 136 g/mol. The van der Waals surface area contributed by atoms with Gasteiger partial charge in [-0.15, -0.1) is 0 Å². The molecule has 0 nitrogen and oxygen atoms in total. The van der Waals surface area contributed by atoms with Crippen molar-refractivity contribution in [3.8, 4) is 0 Å². The van der Waals surface area contributed by atoms with Crippen molar-refractivity contribution in [1.29, 1.82) is 0 Å². The SMILES string of the molecule is CCCC12CC3C1CC[C@H]32. The molecule has 0 spiro atoms. The molecule has 5 fully saturated rings. The van der Waals surface area contributed by atoms with E-state index in [1.807, 2.05) is 0 Å². The molecule has 0 radical (unpaired) electrons. The predicted molar refractivity (Wildman–Crippen MR) is 41.7 cm³/mol. The Morgan fingerprint density at radius 1 is 1.30 bits per heavy atom. The molecule has 5 aliphatic carbocycles. The smallest absolute Gasteiger partial charge is 0.0233 e. The number of hydrogen-bond donors (Lipinski definition) is 0. The Hall–Kier alpha value is 0. The van der Waals surface area contributed by atoms with Crippen molar-refractivity contribution in [3.63, 3.8) is 0 Å². The summed E-state index contributed by atoms with van der Waals surface area (Å²) < 4.78 is 0. The van der Waals surface area contributed by atoms with Gasteiger partial charge in [-0.05, 0) is 48.9 Å². The highest BCUT2D eigenvalue weighted by Gasteiger charge is 2.74. The van der Waals surface area contributed by atoms with Gasteiger partial charge in [0.2, 0.25) is 0 Å². The fraction of sp³-hybridized carbons (Fsp3) is 1.00. The largest absolute Gasteiger partial charge is 0.0654 e. The molecular weight excluding hydrogens is 120 g/mol. The highest BCUT2D eigenvalue weighted by molar-refractivity contribution is 5.22. The lowest BCUT2D eigenvalue weighted by Gasteiger charge is -2.70. The highest BCUT2D eigenvalue weighted by Crippen LogP contribution is 2.81. The first kappa shape index (κ1) is 5.62. The molecule has 0 heteroatoms.